The van der Waals surface area contributed by atoms with Crippen molar-refractivity contribution in [1.29, 1.82) is 0 Å². The standard InChI is InChI=1S/C8H11N5.C3H4O2/c1-2-3-13-5-12-6-7(9)10-4-11-8(6)13;1-3(5)2-4/h4-5H,2-3H2,1H3,(H2,9,10,11);2H,1H3. The van der Waals surface area contributed by atoms with Gasteiger partial charge in [-0.2, -0.15) is 0 Å². The number of carbonyl (C=O) groups is 2. The van der Waals surface area contributed by atoms with Gasteiger partial charge < -0.3 is 10.3 Å². The zero-order chi connectivity index (χ0) is 13.5. The monoisotopic (exact) mass is 249 g/mol. The number of nitrogen functional groups attached to an aromatic ring is 1. The molecule has 2 aromatic rings. The molecular weight excluding hydrogens is 234 g/mol. The number of aldehydes is 1. The summed E-state index contributed by atoms with van der Waals surface area (Å²) in [7, 11) is 0. The maximum atomic E-state index is 9.44. The minimum atomic E-state index is -0.426. The van der Waals surface area contributed by atoms with Crippen molar-refractivity contribution < 1.29 is 9.59 Å². The predicted molar refractivity (Wildman–Crippen MR) is 66.8 cm³/mol. The Labute approximate surface area is 104 Å². The smallest absolute Gasteiger partial charge is 0.192 e. The molecule has 0 aliphatic rings. The summed E-state index contributed by atoms with van der Waals surface area (Å²) in [5.74, 6) is 0.0184. The highest BCUT2D eigenvalue weighted by molar-refractivity contribution is 6.23. The summed E-state index contributed by atoms with van der Waals surface area (Å²) < 4.78 is 1.98. The molecule has 0 fully saturated rings. The Balaban J connectivity index is 0.000000280. The highest BCUT2D eigenvalue weighted by atomic mass is 16.2. The van der Waals surface area contributed by atoms with Crippen molar-refractivity contribution in [2.24, 2.45) is 0 Å². The summed E-state index contributed by atoms with van der Waals surface area (Å²) in [6.07, 6.45) is 4.54. The lowest BCUT2D eigenvalue weighted by molar-refractivity contribution is -0.128. The zero-order valence-corrected chi connectivity index (χ0v) is 10.3. The van der Waals surface area contributed by atoms with Crippen molar-refractivity contribution >= 4 is 29.1 Å². The van der Waals surface area contributed by atoms with Crippen LogP contribution in [0, 0.1) is 0 Å². The van der Waals surface area contributed by atoms with Crippen LogP contribution in [-0.4, -0.2) is 31.6 Å². The Morgan fingerprint density at radius 1 is 1.44 bits per heavy atom. The molecule has 0 bridgehead atoms. The fourth-order valence-corrected chi connectivity index (χ4v) is 1.30. The molecule has 7 heteroatoms. The van der Waals surface area contributed by atoms with Gasteiger partial charge in [-0.1, -0.05) is 6.92 Å². The Morgan fingerprint density at radius 2 is 2.11 bits per heavy atom. The van der Waals surface area contributed by atoms with Crippen molar-refractivity contribution in [1.82, 2.24) is 19.5 Å². The maximum Gasteiger partial charge on any atom is 0.192 e. The zero-order valence-electron chi connectivity index (χ0n) is 10.3. The van der Waals surface area contributed by atoms with Gasteiger partial charge >= 0.3 is 0 Å². The number of nitrogens with zero attached hydrogens (tertiary/aromatic N) is 4. The van der Waals surface area contributed by atoms with Gasteiger partial charge in [0.1, 0.15) is 11.8 Å². The molecule has 0 amide bonds. The molecule has 18 heavy (non-hydrogen) atoms. The molecule has 0 saturated carbocycles. The van der Waals surface area contributed by atoms with E-state index in [2.05, 4.69) is 21.9 Å². The van der Waals surface area contributed by atoms with Crippen LogP contribution in [0.3, 0.4) is 0 Å². The average molecular weight is 249 g/mol. The molecule has 96 valence electrons. The molecule has 0 radical (unpaired) electrons. The Kier molecular flexibility index (Phi) is 4.91. The van der Waals surface area contributed by atoms with Crippen molar-refractivity contribution in [2.75, 3.05) is 5.73 Å². The average Bonchev–Trinajstić information content (AvgIpc) is 2.76. The number of anilines is 1. The number of fused-ring (bicyclic) bond motifs is 1. The predicted octanol–water partition coefficient (Wildman–Crippen LogP) is 0.593. The summed E-state index contributed by atoms with van der Waals surface area (Å²) >= 11 is 0. The fraction of sp³-hybridized carbons (Fsp3) is 0.364. The quantitative estimate of drug-likeness (QED) is 0.630. The number of nitrogens with two attached hydrogens (primary N) is 1. The molecule has 0 aliphatic heterocycles. The first-order valence-electron chi connectivity index (χ1n) is 5.47. The molecule has 2 aromatic heterocycles. The number of aryl methyl sites for hydroxylation is 1. The van der Waals surface area contributed by atoms with E-state index in [4.69, 9.17) is 10.5 Å². The van der Waals surface area contributed by atoms with E-state index in [1.54, 1.807) is 6.33 Å². The van der Waals surface area contributed by atoms with Gasteiger partial charge in [0.25, 0.3) is 0 Å². The summed E-state index contributed by atoms with van der Waals surface area (Å²) in [4.78, 5) is 30.8. The number of imidazole rings is 1. The van der Waals surface area contributed by atoms with E-state index >= 15 is 0 Å². The lowest BCUT2D eigenvalue weighted by atomic mass is 10.4. The minimum absolute atomic E-state index is 0.278. The largest absolute Gasteiger partial charge is 0.382 e. The van der Waals surface area contributed by atoms with Crippen molar-refractivity contribution in [3.8, 4) is 0 Å². The molecule has 0 saturated heterocycles. The normalized spacial score (nSPS) is 9.67. The number of rotatable bonds is 3. The lowest BCUT2D eigenvalue weighted by Gasteiger charge is -1.99. The van der Waals surface area contributed by atoms with Gasteiger partial charge in [-0.3, -0.25) is 9.59 Å². The first kappa shape index (κ1) is 13.8. The van der Waals surface area contributed by atoms with Crippen LogP contribution >= 0.6 is 0 Å². The molecule has 2 N–H and O–H groups in total. The second-order valence-electron chi connectivity index (χ2n) is 3.60. The fourth-order valence-electron chi connectivity index (χ4n) is 1.30. The first-order chi connectivity index (χ1) is 8.60. The first-order valence-corrected chi connectivity index (χ1v) is 5.47. The Morgan fingerprint density at radius 3 is 2.67 bits per heavy atom. The summed E-state index contributed by atoms with van der Waals surface area (Å²) in [6, 6.07) is 0. The molecule has 0 aliphatic carbocycles. The van der Waals surface area contributed by atoms with Gasteiger partial charge in [-0.25, -0.2) is 15.0 Å². The number of carbonyl (C=O) groups excluding carboxylic acids is 2. The summed E-state index contributed by atoms with van der Waals surface area (Å²) in [5.41, 5.74) is 7.14. The van der Waals surface area contributed by atoms with Gasteiger partial charge in [0.15, 0.2) is 23.5 Å². The lowest BCUT2D eigenvalue weighted by Crippen LogP contribution is -1.98. The maximum absolute atomic E-state index is 9.44. The Bertz CT molecular complexity index is 549. The van der Waals surface area contributed by atoms with Crippen LogP contribution < -0.4 is 5.73 Å². The van der Waals surface area contributed by atoms with Gasteiger partial charge in [0, 0.05) is 13.5 Å². The van der Waals surface area contributed by atoms with Crippen LogP contribution in [-0.2, 0) is 16.1 Å². The molecule has 0 spiro atoms. The van der Waals surface area contributed by atoms with Crippen LogP contribution in [0.25, 0.3) is 11.2 Å². The van der Waals surface area contributed by atoms with E-state index in [1.807, 2.05) is 4.57 Å². The van der Waals surface area contributed by atoms with E-state index in [1.165, 1.54) is 13.3 Å². The van der Waals surface area contributed by atoms with Crippen LogP contribution in [0.5, 0.6) is 0 Å². The third-order valence-electron chi connectivity index (χ3n) is 2.06. The molecular formula is C11H15N5O2. The van der Waals surface area contributed by atoms with Crippen molar-refractivity contribution in [3.63, 3.8) is 0 Å². The second-order valence-corrected chi connectivity index (χ2v) is 3.60. The SMILES string of the molecule is CC(=O)C=O.CCCn1cnc2c(N)ncnc21. The van der Waals surface area contributed by atoms with Crippen molar-refractivity contribution in [3.05, 3.63) is 12.7 Å². The van der Waals surface area contributed by atoms with Gasteiger partial charge in [-0.05, 0) is 6.42 Å². The van der Waals surface area contributed by atoms with E-state index < -0.39 is 5.78 Å². The highest BCUT2D eigenvalue weighted by Gasteiger charge is 2.05. The Hall–Kier alpha value is -2.31. The number of Topliss-reactive ketones (excluding diaryl/α,β-unsaturated/α-hetero) is 1. The highest BCUT2D eigenvalue weighted by Crippen LogP contribution is 2.13. The third-order valence-corrected chi connectivity index (χ3v) is 2.06. The molecule has 7 nitrogen and oxygen atoms in total. The second kappa shape index (κ2) is 6.43. The minimum Gasteiger partial charge on any atom is -0.382 e. The van der Waals surface area contributed by atoms with E-state index in [-0.39, 0.29) is 6.29 Å². The van der Waals surface area contributed by atoms with Crippen LogP contribution in [0.4, 0.5) is 5.82 Å². The number of ketones is 1. The third kappa shape index (κ3) is 3.34. The van der Waals surface area contributed by atoms with Gasteiger partial charge in [0.2, 0.25) is 0 Å². The van der Waals surface area contributed by atoms with E-state index in [0.29, 0.717) is 11.3 Å². The summed E-state index contributed by atoms with van der Waals surface area (Å²) in [6.45, 7) is 4.23. The number of hydrogen-bond acceptors (Lipinski definition) is 6. The molecule has 0 aromatic carbocycles. The van der Waals surface area contributed by atoms with Crippen LogP contribution in [0.15, 0.2) is 12.7 Å². The topological polar surface area (TPSA) is 104 Å². The molecule has 2 heterocycles. The van der Waals surface area contributed by atoms with Crippen molar-refractivity contribution in [2.45, 2.75) is 26.8 Å². The number of aromatic nitrogens is 4. The van der Waals surface area contributed by atoms with Crippen LogP contribution in [0.2, 0.25) is 0 Å². The van der Waals surface area contributed by atoms with E-state index in [9.17, 15) is 4.79 Å². The van der Waals surface area contributed by atoms with Crippen LogP contribution in [0.1, 0.15) is 20.3 Å². The number of hydrogen-bond donors (Lipinski definition) is 1. The van der Waals surface area contributed by atoms with Gasteiger partial charge in [0.05, 0.1) is 6.33 Å². The van der Waals surface area contributed by atoms with E-state index in [0.717, 1.165) is 18.6 Å². The van der Waals surface area contributed by atoms with Gasteiger partial charge in [-0.15, -0.1) is 0 Å². The molecule has 2 rings (SSSR count). The molecule has 0 unspecified atom stereocenters. The molecule has 0 atom stereocenters. The summed E-state index contributed by atoms with van der Waals surface area (Å²) in [5, 5.41) is 0.